The Labute approximate surface area is 121 Å². The normalized spacial score (nSPS) is 10.7. The number of amides is 1. The number of anilines is 1. The van der Waals surface area contributed by atoms with Crippen molar-refractivity contribution in [2.45, 2.75) is 40.0 Å². The lowest BCUT2D eigenvalue weighted by molar-refractivity contribution is 0.0786. The van der Waals surface area contributed by atoms with Gasteiger partial charge in [-0.25, -0.2) is 0 Å². The molecule has 1 heterocycles. The van der Waals surface area contributed by atoms with Crippen LogP contribution in [0.25, 0.3) is 0 Å². The van der Waals surface area contributed by atoms with Crippen molar-refractivity contribution >= 4 is 11.7 Å². The number of hydrogen-bond donors (Lipinski definition) is 1. The highest BCUT2D eigenvalue weighted by Gasteiger charge is 2.13. The summed E-state index contributed by atoms with van der Waals surface area (Å²) < 4.78 is 0. The molecule has 1 rings (SSSR count). The molecular formula is C15H26N4O. The van der Waals surface area contributed by atoms with E-state index in [-0.39, 0.29) is 5.91 Å². The zero-order chi connectivity index (χ0) is 15.0. The quantitative estimate of drug-likeness (QED) is 0.794. The van der Waals surface area contributed by atoms with Crippen LogP contribution in [-0.2, 0) is 0 Å². The summed E-state index contributed by atoms with van der Waals surface area (Å²) >= 11 is 0. The number of unbranched alkanes of at least 4 members (excludes halogenated alkanes) is 1. The molecule has 0 bridgehead atoms. The first-order chi connectivity index (χ1) is 9.54. The Hall–Kier alpha value is -1.65. The number of rotatable bonds is 8. The molecular weight excluding hydrogens is 252 g/mol. The minimum atomic E-state index is -0.0697. The highest BCUT2D eigenvalue weighted by atomic mass is 16.2. The number of carbonyl (C=O) groups excluding carboxylic acids is 1. The summed E-state index contributed by atoms with van der Waals surface area (Å²) in [5, 5.41) is 11.3. The fourth-order valence-electron chi connectivity index (χ4n) is 1.72. The van der Waals surface area contributed by atoms with Crippen LogP contribution in [-0.4, -0.2) is 41.1 Å². The number of aromatic nitrogens is 2. The van der Waals surface area contributed by atoms with Gasteiger partial charge in [-0.3, -0.25) is 4.79 Å². The average molecular weight is 278 g/mol. The summed E-state index contributed by atoms with van der Waals surface area (Å²) in [6.07, 6.45) is 3.16. The Morgan fingerprint density at radius 1 is 1.35 bits per heavy atom. The van der Waals surface area contributed by atoms with Crippen LogP contribution in [0.15, 0.2) is 12.1 Å². The maximum absolute atomic E-state index is 12.1. The van der Waals surface area contributed by atoms with Gasteiger partial charge in [0.05, 0.1) is 0 Å². The molecule has 20 heavy (non-hydrogen) atoms. The van der Waals surface area contributed by atoms with E-state index in [1.807, 2.05) is 6.07 Å². The van der Waals surface area contributed by atoms with E-state index in [0.717, 1.165) is 38.2 Å². The van der Waals surface area contributed by atoms with Gasteiger partial charge in [0.1, 0.15) is 5.82 Å². The van der Waals surface area contributed by atoms with Crippen molar-refractivity contribution in [1.29, 1.82) is 0 Å². The van der Waals surface area contributed by atoms with E-state index in [0.29, 0.717) is 11.6 Å². The first kappa shape index (κ1) is 16.4. The summed E-state index contributed by atoms with van der Waals surface area (Å²) in [6, 6.07) is 3.55. The number of carbonyl (C=O) groups is 1. The lowest BCUT2D eigenvalue weighted by atomic mass is 10.1. The molecule has 0 spiro atoms. The van der Waals surface area contributed by atoms with Crippen molar-refractivity contribution < 1.29 is 4.79 Å². The van der Waals surface area contributed by atoms with E-state index < -0.39 is 0 Å². The molecule has 0 aliphatic carbocycles. The lowest BCUT2D eigenvalue weighted by Gasteiger charge is -2.15. The molecule has 0 aromatic carbocycles. The Bertz CT molecular complexity index is 403. The summed E-state index contributed by atoms with van der Waals surface area (Å²) in [5.74, 6) is 1.31. The first-order valence-electron chi connectivity index (χ1n) is 7.37. The molecule has 0 saturated heterocycles. The Morgan fingerprint density at radius 2 is 2.10 bits per heavy atom. The topological polar surface area (TPSA) is 58.1 Å². The molecule has 1 amide bonds. The highest BCUT2D eigenvalue weighted by Crippen LogP contribution is 2.06. The molecule has 0 fully saturated rings. The maximum atomic E-state index is 12.1. The largest absolute Gasteiger partial charge is 0.369 e. The van der Waals surface area contributed by atoms with Crippen LogP contribution in [0.2, 0.25) is 0 Å². The van der Waals surface area contributed by atoms with Gasteiger partial charge in [0.2, 0.25) is 0 Å². The Kier molecular flexibility index (Phi) is 6.98. The summed E-state index contributed by atoms with van der Waals surface area (Å²) in [4.78, 5) is 13.8. The van der Waals surface area contributed by atoms with Crippen molar-refractivity contribution in [3.05, 3.63) is 17.8 Å². The molecule has 1 aromatic rings. The van der Waals surface area contributed by atoms with Crippen LogP contribution >= 0.6 is 0 Å². The Morgan fingerprint density at radius 3 is 2.65 bits per heavy atom. The molecule has 0 aliphatic rings. The van der Waals surface area contributed by atoms with Crippen molar-refractivity contribution in [2.75, 3.05) is 25.5 Å². The fraction of sp³-hybridized carbons (Fsp3) is 0.667. The Balaban J connectivity index is 2.50. The van der Waals surface area contributed by atoms with Gasteiger partial charge in [-0.2, -0.15) is 0 Å². The predicted octanol–water partition coefficient (Wildman–Crippen LogP) is 2.81. The van der Waals surface area contributed by atoms with E-state index in [2.05, 4.69) is 36.3 Å². The zero-order valence-corrected chi connectivity index (χ0v) is 13.0. The van der Waals surface area contributed by atoms with E-state index in [9.17, 15) is 4.79 Å². The molecule has 0 unspecified atom stereocenters. The molecule has 112 valence electrons. The standard InChI is InChI=1S/C15H26N4O/c1-5-6-11-19(4)15(20)13-7-8-14(18-17-13)16-10-9-12(2)3/h7-8,12H,5-6,9-11H2,1-4H3,(H,16,18). The van der Waals surface area contributed by atoms with Crippen LogP contribution in [0, 0.1) is 5.92 Å². The second-order valence-electron chi connectivity index (χ2n) is 5.49. The zero-order valence-electron chi connectivity index (χ0n) is 13.0. The third-order valence-electron chi connectivity index (χ3n) is 3.11. The van der Waals surface area contributed by atoms with Gasteiger partial charge < -0.3 is 10.2 Å². The van der Waals surface area contributed by atoms with Gasteiger partial charge in [0.15, 0.2) is 5.69 Å². The summed E-state index contributed by atoms with van der Waals surface area (Å²) in [5.41, 5.74) is 0.401. The molecule has 0 atom stereocenters. The average Bonchev–Trinajstić information content (AvgIpc) is 2.44. The van der Waals surface area contributed by atoms with Crippen molar-refractivity contribution in [3.63, 3.8) is 0 Å². The molecule has 0 radical (unpaired) electrons. The highest BCUT2D eigenvalue weighted by molar-refractivity contribution is 5.92. The molecule has 0 saturated carbocycles. The maximum Gasteiger partial charge on any atom is 0.274 e. The number of nitrogens with one attached hydrogen (secondary N) is 1. The summed E-state index contributed by atoms with van der Waals surface area (Å²) in [7, 11) is 1.80. The van der Waals surface area contributed by atoms with Crippen LogP contribution in [0.3, 0.4) is 0 Å². The fourth-order valence-corrected chi connectivity index (χ4v) is 1.72. The smallest absolute Gasteiger partial charge is 0.274 e. The van der Waals surface area contributed by atoms with Crippen molar-refractivity contribution in [2.24, 2.45) is 5.92 Å². The molecule has 0 aliphatic heterocycles. The van der Waals surface area contributed by atoms with Gasteiger partial charge >= 0.3 is 0 Å². The molecule has 5 nitrogen and oxygen atoms in total. The third-order valence-corrected chi connectivity index (χ3v) is 3.11. The van der Waals surface area contributed by atoms with Gasteiger partial charge in [0, 0.05) is 20.1 Å². The van der Waals surface area contributed by atoms with Gasteiger partial charge in [0.25, 0.3) is 5.91 Å². The number of hydrogen-bond acceptors (Lipinski definition) is 4. The van der Waals surface area contributed by atoms with Crippen LogP contribution in [0.4, 0.5) is 5.82 Å². The third kappa shape index (κ3) is 5.55. The lowest BCUT2D eigenvalue weighted by Crippen LogP contribution is -2.28. The van der Waals surface area contributed by atoms with E-state index in [4.69, 9.17) is 0 Å². The summed E-state index contributed by atoms with van der Waals surface area (Å²) in [6.45, 7) is 8.10. The van der Waals surface area contributed by atoms with Crippen LogP contribution in [0.1, 0.15) is 50.5 Å². The van der Waals surface area contributed by atoms with Gasteiger partial charge in [-0.05, 0) is 30.9 Å². The van der Waals surface area contributed by atoms with E-state index in [1.165, 1.54) is 0 Å². The minimum Gasteiger partial charge on any atom is -0.369 e. The molecule has 1 aromatic heterocycles. The van der Waals surface area contributed by atoms with Crippen LogP contribution < -0.4 is 5.32 Å². The second kappa shape index (κ2) is 8.51. The molecule has 5 heteroatoms. The molecule has 1 N–H and O–H groups in total. The monoisotopic (exact) mass is 278 g/mol. The minimum absolute atomic E-state index is 0.0697. The van der Waals surface area contributed by atoms with E-state index >= 15 is 0 Å². The van der Waals surface area contributed by atoms with E-state index in [1.54, 1.807) is 18.0 Å². The van der Waals surface area contributed by atoms with Crippen molar-refractivity contribution in [3.8, 4) is 0 Å². The van der Waals surface area contributed by atoms with Crippen molar-refractivity contribution in [1.82, 2.24) is 15.1 Å². The van der Waals surface area contributed by atoms with Crippen LogP contribution in [0.5, 0.6) is 0 Å². The number of nitrogens with zero attached hydrogens (tertiary/aromatic N) is 3. The second-order valence-corrected chi connectivity index (χ2v) is 5.49. The SMILES string of the molecule is CCCCN(C)C(=O)c1ccc(NCCC(C)C)nn1. The first-order valence-corrected chi connectivity index (χ1v) is 7.37. The van der Waals surface area contributed by atoms with Gasteiger partial charge in [-0.1, -0.05) is 27.2 Å². The predicted molar refractivity (Wildman–Crippen MR) is 81.8 cm³/mol. The van der Waals surface area contributed by atoms with Gasteiger partial charge in [-0.15, -0.1) is 10.2 Å².